The molecule has 2 heterocycles. The summed E-state index contributed by atoms with van der Waals surface area (Å²) in [6, 6.07) is 5.05. The molecule has 2 aliphatic rings. The highest BCUT2D eigenvalue weighted by atomic mass is 32.2. The fourth-order valence-electron chi connectivity index (χ4n) is 3.19. The third-order valence-electron chi connectivity index (χ3n) is 4.30. The molecule has 2 aliphatic heterocycles. The molecule has 0 spiro atoms. The standard InChI is InChI=1S/C13H17FN2O2S/c1-9-13-7-15-6-10(13)8-16(9)19(17,18)12-4-2-11(14)3-5-12/h2-5,9-10,13,15H,6-8H2,1H3. The van der Waals surface area contributed by atoms with Crippen molar-refractivity contribution in [1.82, 2.24) is 9.62 Å². The first-order chi connectivity index (χ1) is 9.00. The molecule has 6 heteroatoms. The smallest absolute Gasteiger partial charge is 0.243 e. The summed E-state index contributed by atoms with van der Waals surface area (Å²) in [5, 5.41) is 3.30. The van der Waals surface area contributed by atoms with Crippen molar-refractivity contribution < 1.29 is 12.8 Å². The van der Waals surface area contributed by atoms with Gasteiger partial charge in [0, 0.05) is 12.6 Å². The summed E-state index contributed by atoms with van der Waals surface area (Å²) in [5.74, 6) is 0.356. The zero-order valence-electron chi connectivity index (χ0n) is 10.7. The van der Waals surface area contributed by atoms with Gasteiger partial charge in [-0.15, -0.1) is 0 Å². The van der Waals surface area contributed by atoms with Gasteiger partial charge in [0.1, 0.15) is 5.82 Å². The van der Waals surface area contributed by atoms with Gasteiger partial charge in [0.05, 0.1) is 4.90 Å². The lowest BCUT2D eigenvalue weighted by molar-refractivity contribution is 0.360. The molecule has 3 atom stereocenters. The molecule has 1 aromatic rings. The molecule has 4 nitrogen and oxygen atoms in total. The van der Waals surface area contributed by atoms with Gasteiger partial charge in [0.15, 0.2) is 0 Å². The predicted octanol–water partition coefficient (Wildman–Crippen LogP) is 1.05. The summed E-state index contributed by atoms with van der Waals surface area (Å²) in [6.07, 6.45) is 0. The summed E-state index contributed by atoms with van der Waals surface area (Å²) in [4.78, 5) is 0.175. The Balaban J connectivity index is 1.91. The van der Waals surface area contributed by atoms with E-state index in [2.05, 4.69) is 5.32 Å². The summed E-state index contributed by atoms with van der Waals surface area (Å²) < 4.78 is 39.6. The minimum absolute atomic E-state index is 0.00458. The molecule has 1 N–H and O–H groups in total. The number of hydrogen-bond acceptors (Lipinski definition) is 3. The largest absolute Gasteiger partial charge is 0.316 e. The molecule has 3 rings (SSSR count). The third-order valence-corrected chi connectivity index (χ3v) is 6.27. The van der Waals surface area contributed by atoms with E-state index < -0.39 is 15.8 Å². The van der Waals surface area contributed by atoms with Gasteiger partial charge < -0.3 is 5.32 Å². The van der Waals surface area contributed by atoms with Crippen LogP contribution in [0.15, 0.2) is 29.2 Å². The van der Waals surface area contributed by atoms with E-state index in [9.17, 15) is 12.8 Å². The average Bonchev–Trinajstić information content (AvgIpc) is 2.93. The summed E-state index contributed by atoms with van der Waals surface area (Å²) in [6.45, 7) is 4.27. The Morgan fingerprint density at radius 3 is 2.58 bits per heavy atom. The van der Waals surface area contributed by atoms with Gasteiger partial charge in [-0.25, -0.2) is 12.8 Å². The van der Waals surface area contributed by atoms with E-state index in [1.807, 2.05) is 6.92 Å². The maximum atomic E-state index is 12.9. The van der Waals surface area contributed by atoms with Crippen LogP contribution in [-0.4, -0.2) is 38.4 Å². The van der Waals surface area contributed by atoms with Crippen molar-refractivity contribution in [2.24, 2.45) is 11.8 Å². The number of rotatable bonds is 2. The SMILES string of the molecule is CC1C2CNCC2CN1S(=O)(=O)c1ccc(F)cc1. The zero-order valence-corrected chi connectivity index (χ0v) is 11.5. The molecule has 0 amide bonds. The van der Waals surface area contributed by atoms with E-state index in [4.69, 9.17) is 0 Å². The van der Waals surface area contributed by atoms with Crippen LogP contribution >= 0.6 is 0 Å². The van der Waals surface area contributed by atoms with E-state index in [1.165, 1.54) is 24.3 Å². The van der Waals surface area contributed by atoms with Crippen molar-refractivity contribution in [3.8, 4) is 0 Å². The van der Waals surface area contributed by atoms with Gasteiger partial charge in [-0.2, -0.15) is 4.31 Å². The Kier molecular flexibility index (Phi) is 3.11. The Bertz CT molecular complexity index is 573. The van der Waals surface area contributed by atoms with Crippen LogP contribution in [0.2, 0.25) is 0 Å². The lowest BCUT2D eigenvalue weighted by Gasteiger charge is -2.23. The van der Waals surface area contributed by atoms with Crippen molar-refractivity contribution in [1.29, 1.82) is 0 Å². The number of fused-ring (bicyclic) bond motifs is 1. The molecular formula is C13H17FN2O2S. The highest BCUT2D eigenvalue weighted by Crippen LogP contribution is 2.35. The summed E-state index contributed by atoms with van der Waals surface area (Å²) in [7, 11) is -3.51. The van der Waals surface area contributed by atoms with Crippen LogP contribution in [0.4, 0.5) is 4.39 Å². The molecule has 0 aromatic heterocycles. The highest BCUT2D eigenvalue weighted by Gasteiger charge is 2.46. The van der Waals surface area contributed by atoms with Crippen LogP contribution in [0.3, 0.4) is 0 Å². The topological polar surface area (TPSA) is 49.4 Å². The number of nitrogens with zero attached hydrogens (tertiary/aromatic N) is 1. The Labute approximate surface area is 112 Å². The quantitative estimate of drug-likeness (QED) is 0.883. The average molecular weight is 284 g/mol. The van der Waals surface area contributed by atoms with Gasteiger partial charge in [0.25, 0.3) is 0 Å². The first-order valence-corrected chi connectivity index (χ1v) is 7.92. The lowest BCUT2D eigenvalue weighted by Crippen LogP contribution is -2.38. The lowest BCUT2D eigenvalue weighted by atomic mass is 9.95. The van der Waals surface area contributed by atoms with E-state index in [0.29, 0.717) is 18.4 Å². The van der Waals surface area contributed by atoms with Gasteiger partial charge in [-0.05, 0) is 56.1 Å². The minimum atomic E-state index is -3.51. The van der Waals surface area contributed by atoms with E-state index in [-0.39, 0.29) is 10.9 Å². The van der Waals surface area contributed by atoms with Crippen LogP contribution in [0.5, 0.6) is 0 Å². The molecule has 3 unspecified atom stereocenters. The number of halogens is 1. The van der Waals surface area contributed by atoms with Crippen molar-refractivity contribution >= 4 is 10.0 Å². The first kappa shape index (κ1) is 13.0. The minimum Gasteiger partial charge on any atom is -0.316 e. The van der Waals surface area contributed by atoms with Gasteiger partial charge in [-0.3, -0.25) is 0 Å². The fourth-order valence-corrected chi connectivity index (χ4v) is 4.92. The maximum Gasteiger partial charge on any atom is 0.243 e. The summed E-state index contributed by atoms with van der Waals surface area (Å²) >= 11 is 0. The van der Waals surface area contributed by atoms with Crippen molar-refractivity contribution in [3.63, 3.8) is 0 Å². The van der Waals surface area contributed by atoms with Crippen LogP contribution in [0.1, 0.15) is 6.92 Å². The molecular weight excluding hydrogens is 267 g/mol. The second kappa shape index (κ2) is 4.54. The summed E-state index contributed by atoms with van der Waals surface area (Å²) in [5.41, 5.74) is 0. The fraction of sp³-hybridized carbons (Fsp3) is 0.538. The molecule has 2 saturated heterocycles. The van der Waals surface area contributed by atoms with Crippen LogP contribution in [0.25, 0.3) is 0 Å². The number of nitrogens with one attached hydrogen (secondary N) is 1. The maximum absolute atomic E-state index is 12.9. The highest BCUT2D eigenvalue weighted by molar-refractivity contribution is 7.89. The van der Waals surface area contributed by atoms with Crippen molar-refractivity contribution in [2.75, 3.05) is 19.6 Å². The normalized spacial score (nSPS) is 31.6. The Morgan fingerprint density at radius 1 is 1.26 bits per heavy atom. The molecule has 1 aromatic carbocycles. The third kappa shape index (κ3) is 2.07. The first-order valence-electron chi connectivity index (χ1n) is 6.48. The van der Waals surface area contributed by atoms with Crippen molar-refractivity contribution in [3.05, 3.63) is 30.1 Å². The molecule has 0 saturated carbocycles. The number of sulfonamides is 1. The Hall–Kier alpha value is -0.980. The number of benzene rings is 1. The van der Waals surface area contributed by atoms with Crippen LogP contribution < -0.4 is 5.32 Å². The van der Waals surface area contributed by atoms with Crippen LogP contribution in [0, 0.1) is 17.7 Å². The van der Waals surface area contributed by atoms with Gasteiger partial charge in [0.2, 0.25) is 10.0 Å². The molecule has 104 valence electrons. The second-order valence-electron chi connectivity index (χ2n) is 5.35. The second-order valence-corrected chi connectivity index (χ2v) is 7.24. The van der Waals surface area contributed by atoms with Gasteiger partial charge >= 0.3 is 0 Å². The predicted molar refractivity (Wildman–Crippen MR) is 69.6 cm³/mol. The molecule has 19 heavy (non-hydrogen) atoms. The van der Waals surface area contributed by atoms with Crippen LogP contribution in [-0.2, 0) is 10.0 Å². The molecule has 2 fully saturated rings. The monoisotopic (exact) mass is 284 g/mol. The van der Waals surface area contributed by atoms with E-state index in [0.717, 1.165) is 13.1 Å². The van der Waals surface area contributed by atoms with Gasteiger partial charge in [-0.1, -0.05) is 0 Å². The Morgan fingerprint density at radius 2 is 1.95 bits per heavy atom. The number of hydrogen-bond donors (Lipinski definition) is 1. The van der Waals surface area contributed by atoms with Crippen molar-refractivity contribution in [2.45, 2.75) is 17.9 Å². The van der Waals surface area contributed by atoms with E-state index >= 15 is 0 Å². The zero-order chi connectivity index (χ0) is 13.6. The van der Waals surface area contributed by atoms with E-state index in [1.54, 1.807) is 4.31 Å². The molecule has 0 aliphatic carbocycles. The molecule has 0 radical (unpaired) electrons. The molecule has 0 bridgehead atoms.